The lowest BCUT2D eigenvalue weighted by Crippen LogP contribution is -2.44. The Hall–Kier alpha value is -0.860. The smallest absolute Gasteiger partial charge is 0.390 e. The third-order valence-electron chi connectivity index (χ3n) is 2.70. The third kappa shape index (κ3) is 5.19. The number of nitrogens with one attached hydrogen (secondary N) is 1. The number of aliphatic hydroxyl groups excluding tert-OH is 1. The van der Waals surface area contributed by atoms with Gasteiger partial charge in [0.15, 0.2) is 0 Å². The zero-order chi connectivity index (χ0) is 13.8. The van der Waals surface area contributed by atoms with Crippen LogP contribution in [0.25, 0.3) is 0 Å². The number of hydrogen-bond donors (Lipinski definition) is 2. The minimum atomic E-state index is -4.21. The highest BCUT2D eigenvalue weighted by Gasteiger charge is 2.35. The molecular formula is C10H17F3N2O3. The lowest BCUT2D eigenvalue weighted by molar-refractivity contribution is -0.137. The number of carbonyl (C=O) groups excluding carboxylic acids is 1. The molecule has 1 amide bonds. The van der Waals surface area contributed by atoms with Crippen LogP contribution in [0.15, 0.2) is 0 Å². The fraction of sp³-hybridized carbons (Fsp3) is 0.900. The molecule has 1 rings (SSSR count). The maximum Gasteiger partial charge on any atom is 0.390 e. The van der Waals surface area contributed by atoms with Crippen molar-refractivity contribution in [3.8, 4) is 0 Å². The summed E-state index contributed by atoms with van der Waals surface area (Å²) in [5.74, 6) is -0.390. The molecule has 1 fully saturated rings. The molecule has 0 spiro atoms. The first-order valence-corrected chi connectivity index (χ1v) is 5.57. The molecule has 8 heteroatoms. The van der Waals surface area contributed by atoms with Crippen LogP contribution < -0.4 is 5.32 Å². The molecule has 0 aliphatic carbocycles. The van der Waals surface area contributed by atoms with Crippen LogP contribution in [0.5, 0.6) is 0 Å². The predicted molar refractivity (Wildman–Crippen MR) is 56.9 cm³/mol. The van der Waals surface area contributed by atoms with E-state index in [1.54, 1.807) is 0 Å². The average Bonchev–Trinajstić information content (AvgIpc) is 2.56. The topological polar surface area (TPSA) is 61.8 Å². The van der Waals surface area contributed by atoms with E-state index in [0.717, 1.165) is 0 Å². The van der Waals surface area contributed by atoms with Crippen molar-refractivity contribution >= 4 is 5.91 Å². The van der Waals surface area contributed by atoms with Gasteiger partial charge in [-0.1, -0.05) is 0 Å². The number of amides is 1. The van der Waals surface area contributed by atoms with Crippen molar-refractivity contribution < 1.29 is 27.8 Å². The Morgan fingerprint density at radius 3 is 2.72 bits per heavy atom. The molecule has 2 N–H and O–H groups in total. The Balaban J connectivity index is 2.34. The van der Waals surface area contributed by atoms with Gasteiger partial charge in [-0.3, -0.25) is 9.69 Å². The summed E-state index contributed by atoms with van der Waals surface area (Å²) >= 11 is 0. The molecule has 1 heterocycles. The van der Waals surface area contributed by atoms with Crippen molar-refractivity contribution in [2.24, 2.45) is 0 Å². The molecule has 2 atom stereocenters. The summed E-state index contributed by atoms with van der Waals surface area (Å²) < 4.78 is 40.7. The van der Waals surface area contributed by atoms with E-state index in [2.05, 4.69) is 10.1 Å². The van der Waals surface area contributed by atoms with Gasteiger partial charge < -0.3 is 15.2 Å². The Bertz CT molecular complexity index is 286. The van der Waals surface area contributed by atoms with Crippen LogP contribution in [0, 0.1) is 0 Å². The standard InChI is InChI=1S/C10H17F3N2O3/c1-18-6-9(17)14-7-4-15(5-8(7)16)3-2-10(11,12)13/h7-8,16H,2-6H2,1H3,(H,14,17)/t7-,8-/m1/s1. The zero-order valence-electron chi connectivity index (χ0n) is 10.0. The van der Waals surface area contributed by atoms with Crippen LogP contribution in [0.1, 0.15) is 6.42 Å². The predicted octanol–water partition coefficient (Wildman–Crippen LogP) is -0.254. The van der Waals surface area contributed by atoms with Crippen LogP contribution in [0.3, 0.4) is 0 Å². The number of aliphatic hydroxyl groups is 1. The highest BCUT2D eigenvalue weighted by atomic mass is 19.4. The molecular weight excluding hydrogens is 253 g/mol. The Labute approximate surface area is 103 Å². The normalized spacial score (nSPS) is 25.4. The van der Waals surface area contributed by atoms with E-state index in [0.29, 0.717) is 0 Å². The fourth-order valence-corrected chi connectivity index (χ4v) is 1.86. The number of likely N-dealkylation sites (tertiary alicyclic amines) is 1. The van der Waals surface area contributed by atoms with Gasteiger partial charge in [0, 0.05) is 26.7 Å². The van der Waals surface area contributed by atoms with E-state index < -0.39 is 24.7 Å². The SMILES string of the molecule is COCC(=O)N[C@@H]1CN(CCC(F)(F)F)C[C@H]1O. The number of alkyl halides is 3. The van der Waals surface area contributed by atoms with E-state index in [1.165, 1.54) is 12.0 Å². The second kappa shape index (κ2) is 6.35. The van der Waals surface area contributed by atoms with Crippen LogP contribution in [-0.2, 0) is 9.53 Å². The molecule has 0 radical (unpaired) electrons. The molecule has 0 aromatic carbocycles. The number of hydrogen-bond acceptors (Lipinski definition) is 4. The van der Waals surface area contributed by atoms with Gasteiger partial charge in [-0.2, -0.15) is 13.2 Å². The second-order valence-corrected chi connectivity index (χ2v) is 4.30. The van der Waals surface area contributed by atoms with E-state index in [4.69, 9.17) is 0 Å². The van der Waals surface area contributed by atoms with Crippen molar-refractivity contribution in [1.82, 2.24) is 10.2 Å². The second-order valence-electron chi connectivity index (χ2n) is 4.30. The third-order valence-corrected chi connectivity index (χ3v) is 2.70. The largest absolute Gasteiger partial charge is 0.390 e. The Morgan fingerprint density at radius 2 is 2.17 bits per heavy atom. The first-order valence-electron chi connectivity index (χ1n) is 5.57. The molecule has 5 nitrogen and oxygen atoms in total. The van der Waals surface area contributed by atoms with Crippen LogP contribution >= 0.6 is 0 Å². The highest BCUT2D eigenvalue weighted by molar-refractivity contribution is 5.77. The van der Waals surface area contributed by atoms with E-state index >= 15 is 0 Å². The molecule has 1 aliphatic rings. The summed E-state index contributed by atoms with van der Waals surface area (Å²) in [6, 6.07) is -0.541. The summed E-state index contributed by atoms with van der Waals surface area (Å²) in [7, 11) is 1.36. The van der Waals surface area contributed by atoms with Gasteiger partial charge in [0.05, 0.1) is 18.6 Å². The molecule has 0 unspecified atom stereocenters. The number of β-amino-alcohol motifs (C(OH)–C–C–N with tert-alkyl or cyclic N) is 1. The van der Waals surface area contributed by atoms with E-state index in [1.807, 2.05) is 0 Å². The monoisotopic (exact) mass is 270 g/mol. The molecule has 0 saturated carbocycles. The number of carbonyl (C=O) groups is 1. The molecule has 0 aromatic heterocycles. The average molecular weight is 270 g/mol. The fourth-order valence-electron chi connectivity index (χ4n) is 1.86. The number of methoxy groups -OCH3 is 1. The summed E-state index contributed by atoms with van der Waals surface area (Å²) in [6.07, 6.45) is -5.97. The summed E-state index contributed by atoms with van der Waals surface area (Å²) in [4.78, 5) is 12.7. The molecule has 0 bridgehead atoms. The van der Waals surface area contributed by atoms with Gasteiger partial charge in [-0.15, -0.1) is 0 Å². The Morgan fingerprint density at radius 1 is 1.50 bits per heavy atom. The van der Waals surface area contributed by atoms with Crippen molar-refractivity contribution in [2.45, 2.75) is 24.7 Å². The molecule has 18 heavy (non-hydrogen) atoms. The maximum atomic E-state index is 12.0. The number of ether oxygens (including phenoxy) is 1. The first-order chi connectivity index (χ1) is 8.31. The lowest BCUT2D eigenvalue weighted by atomic mass is 10.2. The van der Waals surface area contributed by atoms with Crippen molar-refractivity contribution in [3.63, 3.8) is 0 Å². The van der Waals surface area contributed by atoms with E-state index in [-0.39, 0.29) is 32.1 Å². The maximum absolute atomic E-state index is 12.0. The highest BCUT2D eigenvalue weighted by Crippen LogP contribution is 2.21. The molecule has 1 aliphatic heterocycles. The van der Waals surface area contributed by atoms with Crippen molar-refractivity contribution in [3.05, 3.63) is 0 Å². The number of nitrogens with zero attached hydrogens (tertiary/aromatic N) is 1. The van der Waals surface area contributed by atoms with Gasteiger partial charge in [-0.05, 0) is 0 Å². The zero-order valence-corrected chi connectivity index (χ0v) is 10.0. The van der Waals surface area contributed by atoms with Crippen LogP contribution in [0.2, 0.25) is 0 Å². The summed E-state index contributed by atoms with van der Waals surface area (Å²) in [6.45, 7) is 0.0453. The minimum Gasteiger partial charge on any atom is -0.390 e. The lowest BCUT2D eigenvalue weighted by Gasteiger charge is -2.17. The minimum absolute atomic E-state index is 0.133. The van der Waals surface area contributed by atoms with Crippen LogP contribution in [-0.4, -0.2) is 67.6 Å². The summed E-state index contributed by atoms with van der Waals surface area (Å²) in [5.41, 5.74) is 0. The molecule has 106 valence electrons. The van der Waals surface area contributed by atoms with Crippen LogP contribution in [0.4, 0.5) is 13.2 Å². The van der Waals surface area contributed by atoms with Gasteiger partial charge in [0.1, 0.15) is 6.61 Å². The van der Waals surface area contributed by atoms with Gasteiger partial charge in [-0.25, -0.2) is 0 Å². The van der Waals surface area contributed by atoms with Gasteiger partial charge in [0.25, 0.3) is 0 Å². The Kier molecular flexibility index (Phi) is 5.36. The summed E-state index contributed by atoms with van der Waals surface area (Å²) in [5, 5.41) is 12.1. The van der Waals surface area contributed by atoms with Gasteiger partial charge in [0.2, 0.25) is 5.91 Å². The number of rotatable bonds is 5. The van der Waals surface area contributed by atoms with Crippen molar-refractivity contribution in [2.75, 3.05) is 33.4 Å². The quantitative estimate of drug-likeness (QED) is 0.723. The number of halogens is 3. The molecule has 1 saturated heterocycles. The van der Waals surface area contributed by atoms with Gasteiger partial charge >= 0.3 is 6.18 Å². The first kappa shape index (κ1) is 15.2. The van der Waals surface area contributed by atoms with Crippen molar-refractivity contribution in [1.29, 1.82) is 0 Å². The van der Waals surface area contributed by atoms with E-state index in [9.17, 15) is 23.1 Å². The molecule has 0 aromatic rings.